The molecule has 1 fully saturated rings. The third-order valence-corrected chi connectivity index (χ3v) is 3.33. The van der Waals surface area contributed by atoms with Crippen molar-refractivity contribution in [3.63, 3.8) is 0 Å². The van der Waals surface area contributed by atoms with Crippen molar-refractivity contribution in [1.82, 2.24) is 5.32 Å². The third-order valence-electron chi connectivity index (χ3n) is 3.33. The van der Waals surface area contributed by atoms with Gasteiger partial charge >= 0.3 is 6.09 Å². The first-order valence-electron chi connectivity index (χ1n) is 6.74. The van der Waals surface area contributed by atoms with Crippen LogP contribution in [0.25, 0.3) is 0 Å². The Bertz CT molecular complexity index is 462. The van der Waals surface area contributed by atoms with Gasteiger partial charge in [-0.3, -0.25) is 5.32 Å². The summed E-state index contributed by atoms with van der Waals surface area (Å²) in [6, 6.07) is 2.95. The highest BCUT2D eigenvalue weighted by molar-refractivity contribution is 5.84. The van der Waals surface area contributed by atoms with Gasteiger partial charge in [0.25, 0.3) is 0 Å². The zero-order valence-corrected chi connectivity index (χ0v) is 11.1. The van der Waals surface area contributed by atoms with Gasteiger partial charge in [0.2, 0.25) is 0 Å². The smallest absolute Gasteiger partial charge is 0.411 e. The first-order chi connectivity index (χ1) is 9.65. The van der Waals surface area contributed by atoms with E-state index in [1.165, 1.54) is 0 Å². The lowest BCUT2D eigenvalue weighted by atomic mass is 9.97. The molecule has 1 aromatic rings. The van der Waals surface area contributed by atoms with Gasteiger partial charge in [-0.25, -0.2) is 13.6 Å². The summed E-state index contributed by atoms with van der Waals surface area (Å²) in [5.74, 6) is -0.997. The van der Waals surface area contributed by atoms with E-state index in [4.69, 9.17) is 4.74 Å². The molecule has 1 amide bonds. The molecule has 1 atom stereocenters. The zero-order chi connectivity index (χ0) is 14.4. The van der Waals surface area contributed by atoms with Crippen LogP contribution in [0.5, 0.6) is 0 Å². The van der Waals surface area contributed by atoms with Crippen molar-refractivity contribution in [3.05, 3.63) is 29.8 Å². The lowest BCUT2D eigenvalue weighted by Gasteiger charge is -2.22. The fourth-order valence-corrected chi connectivity index (χ4v) is 2.23. The van der Waals surface area contributed by atoms with Crippen LogP contribution in [0, 0.1) is 17.6 Å². The minimum absolute atomic E-state index is 0.0873. The largest absolute Gasteiger partial charge is 0.449 e. The standard InChI is InChI=1S/C14H18F2N2O2/c15-11-3-4-13(12(16)8-11)18-14(19)20-7-5-10-2-1-6-17-9-10/h3-4,8,10,17H,1-2,5-7,9H2,(H,18,19). The van der Waals surface area contributed by atoms with Gasteiger partial charge in [0.05, 0.1) is 12.3 Å². The number of halogens is 2. The molecule has 0 radical (unpaired) electrons. The van der Waals surface area contributed by atoms with Gasteiger partial charge in [0.1, 0.15) is 11.6 Å². The minimum atomic E-state index is -0.821. The summed E-state index contributed by atoms with van der Waals surface area (Å²) >= 11 is 0. The highest BCUT2D eigenvalue weighted by Crippen LogP contribution is 2.16. The number of carbonyl (C=O) groups is 1. The van der Waals surface area contributed by atoms with Gasteiger partial charge in [0.15, 0.2) is 0 Å². The summed E-state index contributed by atoms with van der Waals surface area (Å²) in [5, 5.41) is 5.54. The number of carbonyl (C=O) groups excluding carboxylic acids is 1. The molecule has 1 heterocycles. The molecule has 1 aliphatic rings. The average molecular weight is 284 g/mol. The second-order valence-electron chi connectivity index (χ2n) is 4.89. The van der Waals surface area contributed by atoms with E-state index in [1.807, 2.05) is 0 Å². The van der Waals surface area contributed by atoms with E-state index >= 15 is 0 Å². The van der Waals surface area contributed by atoms with Gasteiger partial charge < -0.3 is 10.1 Å². The number of hydrogen-bond acceptors (Lipinski definition) is 3. The molecule has 1 saturated heterocycles. The number of anilines is 1. The maximum absolute atomic E-state index is 13.3. The summed E-state index contributed by atoms with van der Waals surface area (Å²) in [5.41, 5.74) is -0.0873. The Kier molecular flexibility index (Phi) is 5.29. The molecule has 4 nitrogen and oxygen atoms in total. The van der Waals surface area contributed by atoms with Crippen molar-refractivity contribution in [2.45, 2.75) is 19.3 Å². The van der Waals surface area contributed by atoms with E-state index in [0.29, 0.717) is 18.6 Å². The third kappa shape index (κ3) is 4.45. The van der Waals surface area contributed by atoms with E-state index in [1.54, 1.807) is 0 Å². The second-order valence-corrected chi connectivity index (χ2v) is 4.89. The monoisotopic (exact) mass is 284 g/mol. The summed E-state index contributed by atoms with van der Waals surface area (Å²) in [4.78, 5) is 11.5. The maximum Gasteiger partial charge on any atom is 0.411 e. The first-order valence-corrected chi connectivity index (χ1v) is 6.74. The Balaban J connectivity index is 1.72. The fraction of sp³-hybridized carbons (Fsp3) is 0.500. The molecule has 0 spiro atoms. The summed E-state index contributed by atoms with van der Waals surface area (Å²) in [6.07, 6.45) is 2.33. The fourth-order valence-electron chi connectivity index (χ4n) is 2.23. The Morgan fingerprint density at radius 1 is 1.45 bits per heavy atom. The molecule has 110 valence electrons. The molecule has 0 aliphatic carbocycles. The lowest BCUT2D eigenvalue weighted by Crippen LogP contribution is -2.30. The van der Waals surface area contributed by atoms with E-state index in [0.717, 1.165) is 44.5 Å². The Labute approximate surface area is 116 Å². The highest BCUT2D eigenvalue weighted by atomic mass is 19.1. The van der Waals surface area contributed by atoms with Gasteiger partial charge in [-0.05, 0) is 50.4 Å². The first kappa shape index (κ1) is 14.7. The number of amides is 1. The van der Waals surface area contributed by atoms with Gasteiger partial charge in [-0.2, -0.15) is 0 Å². The Morgan fingerprint density at radius 3 is 3.00 bits per heavy atom. The number of hydrogen-bond donors (Lipinski definition) is 2. The van der Waals surface area contributed by atoms with Crippen LogP contribution in [0.3, 0.4) is 0 Å². The van der Waals surface area contributed by atoms with Gasteiger partial charge in [-0.1, -0.05) is 0 Å². The predicted molar refractivity (Wildman–Crippen MR) is 71.5 cm³/mol. The molecule has 1 aromatic carbocycles. The van der Waals surface area contributed by atoms with Crippen LogP contribution in [0.4, 0.5) is 19.3 Å². The Hall–Kier alpha value is -1.69. The summed E-state index contributed by atoms with van der Waals surface area (Å²) < 4.78 is 31.0. The summed E-state index contributed by atoms with van der Waals surface area (Å²) in [7, 11) is 0. The van der Waals surface area contributed by atoms with Crippen molar-refractivity contribution in [2.24, 2.45) is 5.92 Å². The van der Waals surface area contributed by atoms with Gasteiger partial charge in [0, 0.05) is 6.07 Å². The maximum atomic E-state index is 13.3. The van der Waals surface area contributed by atoms with Crippen LogP contribution in [-0.4, -0.2) is 25.8 Å². The molecule has 0 saturated carbocycles. The molecule has 2 N–H and O–H groups in total. The zero-order valence-electron chi connectivity index (χ0n) is 11.1. The van der Waals surface area contributed by atoms with Crippen LogP contribution >= 0.6 is 0 Å². The van der Waals surface area contributed by atoms with E-state index < -0.39 is 17.7 Å². The van der Waals surface area contributed by atoms with Crippen molar-refractivity contribution >= 4 is 11.8 Å². The number of nitrogens with one attached hydrogen (secondary N) is 2. The molecule has 2 rings (SSSR count). The highest BCUT2D eigenvalue weighted by Gasteiger charge is 2.14. The van der Waals surface area contributed by atoms with Crippen molar-refractivity contribution in [2.75, 3.05) is 25.0 Å². The van der Waals surface area contributed by atoms with E-state index in [9.17, 15) is 13.6 Å². The molecule has 6 heteroatoms. The van der Waals surface area contributed by atoms with Crippen molar-refractivity contribution < 1.29 is 18.3 Å². The number of rotatable bonds is 4. The number of ether oxygens (including phenoxy) is 1. The molecule has 1 aliphatic heterocycles. The average Bonchev–Trinajstić information content (AvgIpc) is 2.43. The molecule has 20 heavy (non-hydrogen) atoms. The van der Waals surface area contributed by atoms with E-state index in [2.05, 4.69) is 10.6 Å². The number of benzene rings is 1. The predicted octanol–water partition coefficient (Wildman–Crippen LogP) is 2.90. The van der Waals surface area contributed by atoms with Crippen LogP contribution in [0.1, 0.15) is 19.3 Å². The molecule has 0 bridgehead atoms. The second kappa shape index (κ2) is 7.19. The number of piperidine rings is 1. The summed E-state index contributed by atoms with van der Waals surface area (Å²) in [6.45, 7) is 2.28. The van der Waals surface area contributed by atoms with Crippen molar-refractivity contribution in [1.29, 1.82) is 0 Å². The Morgan fingerprint density at radius 2 is 2.30 bits per heavy atom. The SMILES string of the molecule is O=C(Nc1ccc(F)cc1F)OCCC1CCCNC1. The van der Waals surface area contributed by atoms with Crippen LogP contribution in [-0.2, 0) is 4.74 Å². The molecular weight excluding hydrogens is 266 g/mol. The lowest BCUT2D eigenvalue weighted by molar-refractivity contribution is 0.150. The molecule has 1 unspecified atom stereocenters. The van der Waals surface area contributed by atoms with E-state index in [-0.39, 0.29) is 5.69 Å². The molecular formula is C14H18F2N2O2. The quantitative estimate of drug-likeness (QED) is 0.894. The van der Waals surface area contributed by atoms with Gasteiger partial charge in [-0.15, -0.1) is 0 Å². The minimum Gasteiger partial charge on any atom is -0.449 e. The van der Waals surface area contributed by atoms with Crippen LogP contribution < -0.4 is 10.6 Å². The van der Waals surface area contributed by atoms with Crippen LogP contribution in [0.15, 0.2) is 18.2 Å². The normalized spacial score (nSPS) is 18.6. The van der Waals surface area contributed by atoms with Crippen LogP contribution in [0.2, 0.25) is 0 Å². The molecule has 0 aromatic heterocycles. The topological polar surface area (TPSA) is 50.4 Å². The van der Waals surface area contributed by atoms with Crippen molar-refractivity contribution in [3.8, 4) is 0 Å².